The highest BCUT2D eigenvalue weighted by Crippen LogP contribution is 2.08. The van der Waals surface area contributed by atoms with E-state index in [1.165, 1.54) is 0 Å². The summed E-state index contributed by atoms with van der Waals surface area (Å²) in [6.07, 6.45) is 0.769. The predicted molar refractivity (Wildman–Crippen MR) is 44.2 cm³/mol. The van der Waals surface area contributed by atoms with E-state index in [2.05, 4.69) is 11.4 Å². The van der Waals surface area contributed by atoms with Gasteiger partial charge in [0.1, 0.15) is 5.54 Å². The molecule has 0 aromatic rings. The van der Waals surface area contributed by atoms with Crippen molar-refractivity contribution in [2.45, 2.75) is 25.8 Å². The molecule has 0 fully saturated rings. The lowest BCUT2D eigenvalue weighted by Crippen LogP contribution is -2.47. The molecule has 0 aromatic carbocycles. The molecular formula is C8H16N2O. The van der Waals surface area contributed by atoms with Crippen LogP contribution in [0.4, 0.5) is 0 Å². The first-order valence-corrected chi connectivity index (χ1v) is 3.90. The molecule has 3 heteroatoms. The van der Waals surface area contributed by atoms with Gasteiger partial charge >= 0.3 is 0 Å². The second-order valence-corrected chi connectivity index (χ2v) is 2.51. The van der Waals surface area contributed by atoms with Crippen molar-refractivity contribution in [1.29, 1.82) is 5.26 Å². The molecule has 0 spiro atoms. The fourth-order valence-electron chi connectivity index (χ4n) is 1.01. The van der Waals surface area contributed by atoms with Crippen LogP contribution in [0.2, 0.25) is 0 Å². The Hall–Kier alpha value is -0.590. The minimum Gasteiger partial charge on any atom is -0.382 e. The summed E-state index contributed by atoms with van der Waals surface area (Å²) in [7, 11) is 1.61. The van der Waals surface area contributed by atoms with E-state index < -0.39 is 5.54 Å². The van der Waals surface area contributed by atoms with Gasteiger partial charge in [0.05, 0.1) is 12.7 Å². The predicted octanol–water partition coefficient (Wildman–Crippen LogP) is 0.915. The van der Waals surface area contributed by atoms with Crippen molar-refractivity contribution in [3.63, 3.8) is 0 Å². The molecule has 0 aromatic heterocycles. The maximum absolute atomic E-state index is 8.85. The molecule has 0 heterocycles. The maximum Gasteiger partial charge on any atom is 0.130 e. The van der Waals surface area contributed by atoms with Crippen LogP contribution in [-0.4, -0.2) is 25.8 Å². The van der Waals surface area contributed by atoms with Gasteiger partial charge in [0.15, 0.2) is 0 Å². The Morgan fingerprint density at radius 3 is 2.45 bits per heavy atom. The molecule has 0 saturated heterocycles. The van der Waals surface area contributed by atoms with E-state index in [4.69, 9.17) is 10.00 Å². The maximum atomic E-state index is 8.85. The molecule has 0 aliphatic heterocycles. The number of methoxy groups -OCH3 is 1. The van der Waals surface area contributed by atoms with Crippen molar-refractivity contribution in [2.75, 3.05) is 20.3 Å². The fourth-order valence-corrected chi connectivity index (χ4v) is 1.01. The summed E-state index contributed by atoms with van der Waals surface area (Å²) >= 11 is 0. The molecule has 0 aliphatic rings. The van der Waals surface area contributed by atoms with Crippen LogP contribution < -0.4 is 5.32 Å². The zero-order valence-electron chi connectivity index (χ0n) is 7.48. The minimum absolute atomic E-state index is 0.452. The van der Waals surface area contributed by atoms with Crippen molar-refractivity contribution in [1.82, 2.24) is 5.32 Å². The number of nitrogens with one attached hydrogen (secondary N) is 1. The number of nitriles is 1. The van der Waals surface area contributed by atoms with Crippen LogP contribution in [-0.2, 0) is 4.74 Å². The molecule has 1 atom stereocenters. The number of hydrogen-bond donors (Lipinski definition) is 1. The van der Waals surface area contributed by atoms with Crippen molar-refractivity contribution in [3.8, 4) is 6.07 Å². The van der Waals surface area contributed by atoms with E-state index in [1.54, 1.807) is 7.11 Å². The highest BCUT2D eigenvalue weighted by Gasteiger charge is 2.25. The summed E-state index contributed by atoms with van der Waals surface area (Å²) in [6.45, 7) is 5.21. The topological polar surface area (TPSA) is 45.0 Å². The van der Waals surface area contributed by atoms with Crippen molar-refractivity contribution < 1.29 is 4.74 Å². The Labute approximate surface area is 68.3 Å². The fraction of sp³-hybridized carbons (Fsp3) is 0.875. The molecule has 0 aliphatic carbocycles. The second-order valence-electron chi connectivity index (χ2n) is 2.51. The van der Waals surface area contributed by atoms with Gasteiger partial charge in [-0.05, 0) is 13.0 Å². The highest BCUT2D eigenvalue weighted by molar-refractivity contribution is 5.06. The van der Waals surface area contributed by atoms with Gasteiger partial charge in [0, 0.05) is 7.11 Å². The van der Waals surface area contributed by atoms with Gasteiger partial charge in [0.25, 0.3) is 0 Å². The molecule has 0 bridgehead atoms. The Morgan fingerprint density at radius 2 is 2.18 bits per heavy atom. The Morgan fingerprint density at radius 1 is 1.55 bits per heavy atom. The molecule has 0 amide bonds. The third-order valence-corrected chi connectivity index (χ3v) is 1.72. The summed E-state index contributed by atoms with van der Waals surface area (Å²) in [6, 6.07) is 2.23. The first-order valence-electron chi connectivity index (χ1n) is 3.90. The largest absolute Gasteiger partial charge is 0.382 e. The highest BCUT2D eigenvalue weighted by atomic mass is 16.5. The van der Waals surface area contributed by atoms with E-state index in [0.717, 1.165) is 13.0 Å². The lowest BCUT2D eigenvalue weighted by Gasteiger charge is -2.24. The first-order chi connectivity index (χ1) is 5.24. The van der Waals surface area contributed by atoms with Gasteiger partial charge in [0.2, 0.25) is 0 Å². The molecule has 1 N–H and O–H groups in total. The van der Waals surface area contributed by atoms with E-state index in [-0.39, 0.29) is 0 Å². The zero-order valence-corrected chi connectivity index (χ0v) is 7.48. The summed E-state index contributed by atoms with van der Waals surface area (Å²) in [5.74, 6) is 0. The standard InChI is InChI=1S/C8H16N2O/c1-4-8(6-9,7-11-3)10-5-2/h10H,4-5,7H2,1-3H3. The van der Waals surface area contributed by atoms with Crippen LogP contribution in [0.25, 0.3) is 0 Å². The van der Waals surface area contributed by atoms with Crippen LogP contribution in [0.5, 0.6) is 0 Å². The summed E-state index contributed by atoms with van der Waals surface area (Å²) in [5, 5.41) is 12.0. The zero-order chi connectivity index (χ0) is 8.74. The average Bonchev–Trinajstić information content (AvgIpc) is 2.04. The molecule has 11 heavy (non-hydrogen) atoms. The second kappa shape index (κ2) is 5.11. The first kappa shape index (κ1) is 10.4. The van der Waals surface area contributed by atoms with Gasteiger partial charge in [-0.1, -0.05) is 13.8 Å². The van der Waals surface area contributed by atoms with Gasteiger partial charge in [-0.15, -0.1) is 0 Å². The molecular weight excluding hydrogens is 140 g/mol. The quantitative estimate of drug-likeness (QED) is 0.643. The number of rotatable bonds is 5. The summed E-state index contributed by atoms with van der Waals surface area (Å²) < 4.78 is 4.96. The van der Waals surface area contributed by atoms with E-state index in [1.807, 2.05) is 13.8 Å². The molecule has 0 rings (SSSR count). The minimum atomic E-state index is -0.483. The smallest absolute Gasteiger partial charge is 0.130 e. The normalized spacial score (nSPS) is 15.5. The van der Waals surface area contributed by atoms with Crippen molar-refractivity contribution in [3.05, 3.63) is 0 Å². The molecule has 3 nitrogen and oxygen atoms in total. The molecule has 1 unspecified atom stereocenters. The van der Waals surface area contributed by atoms with Crippen LogP contribution in [0, 0.1) is 11.3 Å². The number of ether oxygens (including phenoxy) is 1. The van der Waals surface area contributed by atoms with E-state index in [9.17, 15) is 0 Å². The lowest BCUT2D eigenvalue weighted by atomic mass is 10.00. The third-order valence-electron chi connectivity index (χ3n) is 1.72. The van der Waals surface area contributed by atoms with Gasteiger partial charge in [-0.3, -0.25) is 5.32 Å². The Kier molecular flexibility index (Phi) is 4.84. The van der Waals surface area contributed by atoms with Crippen LogP contribution in [0.1, 0.15) is 20.3 Å². The van der Waals surface area contributed by atoms with Gasteiger partial charge in [-0.25, -0.2) is 0 Å². The van der Waals surface area contributed by atoms with E-state index in [0.29, 0.717) is 6.61 Å². The number of nitrogens with zero attached hydrogens (tertiary/aromatic N) is 1. The summed E-state index contributed by atoms with van der Waals surface area (Å²) in [4.78, 5) is 0. The third kappa shape index (κ3) is 2.87. The van der Waals surface area contributed by atoms with Crippen LogP contribution >= 0.6 is 0 Å². The SMILES string of the molecule is CCNC(C#N)(CC)COC. The Balaban J connectivity index is 4.11. The van der Waals surface area contributed by atoms with E-state index >= 15 is 0 Å². The molecule has 0 saturated carbocycles. The lowest BCUT2D eigenvalue weighted by molar-refractivity contribution is 0.136. The molecule has 64 valence electrons. The van der Waals surface area contributed by atoms with Crippen molar-refractivity contribution >= 4 is 0 Å². The van der Waals surface area contributed by atoms with Gasteiger partial charge < -0.3 is 4.74 Å². The summed E-state index contributed by atoms with van der Waals surface area (Å²) in [5.41, 5.74) is -0.483. The monoisotopic (exact) mass is 156 g/mol. The molecule has 0 radical (unpaired) electrons. The average molecular weight is 156 g/mol. The van der Waals surface area contributed by atoms with Crippen LogP contribution in [0.15, 0.2) is 0 Å². The van der Waals surface area contributed by atoms with Crippen molar-refractivity contribution in [2.24, 2.45) is 0 Å². The van der Waals surface area contributed by atoms with Gasteiger partial charge in [-0.2, -0.15) is 5.26 Å². The number of hydrogen-bond acceptors (Lipinski definition) is 3. The number of likely N-dealkylation sites (N-methyl/N-ethyl adjacent to an activating group) is 1. The Bertz CT molecular complexity index is 134. The van der Waals surface area contributed by atoms with Crippen LogP contribution in [0.3, 0.4) is 0 Å².